The summed E-state index contributed by atoms with van der Waals surface area (Å²) in [6, 6.07) is 5.06. The Hall–Kier alpha value is -2.02. The maximum Gasteiger partial charge on any atom is 0.251 e. The Morgan fingerprint density at radius 3 is 2.68 bits per heavy atom. The average molecular weight is 368 g/mol. The van der Waals surface area contributed by atoms with E-state index in [-0.39, 0.29) is 5.91 Å². The summed E-state index contributed by atoms with van der Waals surface area (Å²) in [6.45, 7) is 3.13. The highest BCUT2D eigenvalue weighted by atomic mass is 79.9. The zero-order valence-electron chi connectivity index (χ0n) is 12.7. The Bertz CT molecular complexity index is 670. The van der Waals surface area contributed by atoms with Crippen LogP contribution in [0.4, 0.5) is 0 Å². The fourth-order valence-electron chi connectivity index (χ4n) is 2.08. The normalized spacial score (nSPS) is 10.4. The minimum Gasteiger partial charge on any atom is -0.493 e. The molecule has 0 bridgehead atoms. The molecule has 0 aliphatic rings. The van der Waals surface area contributed by atoms with Crippen molar-refractivity contribution >= 4 is 21.8 Å². The molecule has 6 nitrogen and oxygen atoms in total. The molecule has 1 aromatic heterocycles. The van der Waals surface area contributed by atoms with Gasteiger partial charge < -0.3 is 14.8 Å². The van der Waals surface area contributed by atoms with Gasteiger partial charge in [0.1, 0.15) is 0 Å². The van der Waals surface area contributed by atoms with E-state index < -0.39 is 0 Å². The minimum atomic E-state index is -0.184. The van der Waals surface area contributed by atoms with Crippen molar-refractivity contribution in [1.82, 2.24) is 15.1 Å². The maximum atomic E-state index is 12.3. The van der Waals surface area contributed by atoms with Crippen LogP contribution in [0.15, 0.2) is 28.9 Å². The molecule has 0 spiro atoms. The van der Waals surface area contributed by atoms with E-state index in [0.717, 1.165) is 16.7 Å². The number of aryl methyl sites for hydroxylation is 1. The van der Waals surface area contributed by atoms with Crippen LogP contribution >= 0.6 is 15.9 Å². The monoisotopic (exact) mass is 367 g/mol. The molecule has 2 aromatic rings. The van der Waals surface area contributed by atoms with Gasteiger partial charge in [0.05, 0.1) is 37.1 Å². The molecular formula is C15H18BrN3O3. The predicted octanol–water partition coefficient (Wildman–Crippen LogP) is 2.61. The molecule has 0 aliphatic heterocycles. The molecule has 1 amide bonds. The molecule has 0 unspecified atom stereocenters. The van der Waals surface area contributed by atoms with Crippen LogP contribution in [0.5, 0.6) is 11.5 Å². The number of benzene rings is 1. The van der Waals surface area contributed by atoms with Crippen molar-refractivity contribution in [3.63, 3.8) is 0 Å². The topological polar surface area (TPSA) is 65.4 Å². The predicted molar refractivity (Wildman–Crippen MR) is 86.3 cm³/mol. The van der Waals surface area contributed by atoms with E-state index in [4.69, 9.17) is 9.47 Å². The van der Waals surface area contributed by atoms with E-state index in [0.29, 0.717) is 23.6 Å². The molecule has 1 N–H and O–H groups in total. The maximum absolute atomic E-state index is 12.3. The third-order valence-electron chi connectivity index (χ3n) is 3.26. The SMILES string of the molecule is CCn1ncc(Br)c1CNC(=O)c1ccc(OC)c(OC)c1. The first-order valence-corrected chi connectivity index (χ1v) is 7.60. The van der Waals surface area contributed by atoms with Crippen molar-refractivity contribution in [2.75, 3.05) is 14.2 Å². The van der Waals surface area contributed by atoms with Crippen molar-refractivity contribution < 1.29 is 14.3 Å². The first-order chi connectivity index (χ1) is 10.6. The van der Waals surface area contributed by atoms with Gasteiger partial charge in [-0.2, -0.15) is 5.10 Å². The number of rotatable bonds is 6. The highest BCUT2D eigenvalue weighted by molar-refractivity contribution is 9.10. The number of carbonyl (C=O) groups is 1. The van der Waals surface area contributed by atoms with E-state index in [2.05, 4.69) is 26.3 Å². The van der Waals surface area contributed by atoms with Crippen molar-refractivity contribution in [1.29, 1.82) is 0 Å². The van der Waals surface area contributed by atoms with Gasteiger partial charge in [0.25, 0.3) is 5.91 Å². The number of aromatic nitrogens is 2. The van der Waals surface area contributed by atoms with Gasteiger partial charge >= 0.3 is 0 Å². The van der Waals surface area contributed by atoms with Crippen LogP contribution < -0.4 is 14.8 Å². The van der Waals surface area contributed by atoms with Gasteiger partial charge in [0.15, 0.2) is 11.5 Å². The Morgan fingerprint density at radius 1 is 1.32 bits per heavy atom. The van der Waals surface area contributed by atoms with Crippen LogP contribution in [0.1, 0.15) is 23.0 Å². The number of halogens is 1. The van der Waals surface area contributed by atoms with Gasteiger partial charge in [-0.05, 0) is 41.1 Å². The van der Waals surface area contributed by atoms with Gasteiger partial charge in [0, 0.05) is 12.1 Å². The highest BCUT2D eigenvalue weighted by Crippen LogP contribution is 2.27. The zero-order chi connectivity index (χ0) is 16.1. The number of carbonyl (C=O) groups excluding carboxylic acids is 1. The molecule has 0 saturated carbocycles. The van der Waals surface area contributed by atoms with Gasteiger partial charge in [-0.15, -0.1) is 0 Å². The zero-order valence-corrected chi connectivity index (χ0v) is 14.3. The lowest BCUT2D eigenvalue weighted by Gasteiger charge is -2.11. The molecule has 0 aliphatic carbocycles. The van der Waals surface area contributed by atoms with Gasteiger partial charge in [0.2, 0.25) is 0 Å². The molecule has 118 valence electrons. The van der Waals surface area contributed by atoms with Crippen LogP contribution in [0, 0.1) is 0 Å². The molecule has 0 fully saturated rings. The molecule has 0 radical (unpaired) electrons. The second-order valence-electron chi connectivity index (χ2n) is 4.51. The second-order valence-corrected chi connectivity index (χ2v) is 5.36. The summed E-state index contributed by atoms with van der Waals surface area (Å²) in [5.41, 5.74) is 1.44. The molecular weight excluding hydrogens is 350 g/mol. The van der Waals surface area contributed by atoms with Crippen molar-refractivity contribution in [2.24, 2.45) is 0 Å². The molecule has 2 rings (SSSR count). The third-order valence-corrected chi connectivity index (χ3v) is 3.92. The number of methoxy groups -OCH3 is 2. The number of ether oxygens (including phenoxy) is 2. The molecule has 1 aromatic carbocycles. The summed E-state index contributed by atoms with van der Waals surface area (Å²) < 4.78 is 13.1. The number of hydrogen-bond acceptors (Lipinski definition) is 4. The summed E-state index contributed by atoms with van der Waals surface area (Å²) >= 11 is 3.43. The third kappa shape index (κ3) is 3.41. The van der Waals surface area contributed by atoms with Crippen LogP contribution in [0.2, 0.25) is 0 Å². The van der Waals surface area contributed by atoms with Gasteiger partial charge in [-0.25, -0.2) is 0 Å². The van der Waals surface area contributed by atoms with Crippen LogP contribution in [-0.4, -0.2) is 29.9 Å². The Morgan fingerprint density at radius 2 is 2.05 bits per heavy atom. The summed E-state index contributed by atoms with van der Waals surface area (Å²) in [4.78, 5) is 12.3. The molecule has 0 saturated heterocycles. The van der Waals surface area contributed by atoms with Gasteiger partial charge in [-0.1, -0.05) is 0 Å². The summed E-state index contributed by atoms with van der Waals surface area (Å²) in [5.74, 6) is 0.928. The molecule has 1 heterocycles. The Labute approximate surface area is 137 Å². The van der Waals surface area contributed by atoms with E-state index in [9.17, 15) is 4.79 Å². The molecule has 22 heavy (non-hydrogen) atoms. The van der Waals surface area contributed by atoms with Crippen molar-refractivity contribution in [2.45, 2.75) is 20.0 Å². The fourth-order valence-corrected chi connectivity index (χ4v) is 2.52. The largest absolute Gasteiger partial charge is 0.493 e. The number of nitrogens with one attached hydrogen (secondary N) is 1. The number of nitrogens with zero attached hydrogens (tertiary/aromatic N) is 2. The van der Waals surface area contributed by atoms with Crippen molar-refractivity contribution in [3.05, 3.63) is 40.1 Å². The Balaban J connectivity index is 2.11. The number of amides is 1. The first-order valence-electron chi connectivity index (χ1n) is 6.81. The second kappa shape index (κ2) is 7.31. The Kier molecular flexibility index (Phi) is 5.43. The van der Waals surface area contributed by atoms with Gasteiger partial charge in [-0.3, -0.25) is 9.48 Å². The smallest absolute Gasteiger partial charge is 0.251 e. The van der Waals surface area contributed by atoms with E-state index in [1.54, 1.807) is 31.5 Å². The highest BCUT2D eigenvalue weighted by Gasteiger charge is 2.13. The van der Waals surface area contributed by atoms with E-state index in [1.807, 2.05) is 11.6 Å². The summed E-state index contributed by atoms with van der Waals surface area (Å²) in [6.07, 6.45) is 1.72. The van der Waals surface area contributed by atoms with Crippen molar-refractivity contribution in [3.8, 4) is 11.5 Å². The lowest BCUT2D eigenvalue weighted by atomic mass is 10.2. The standard InChI is InChI=1S/C15H18BrN3O3/c1-4-19-12(11(16)8-18-19)9-17-15(20)10-5-6-13(21-2)14(7-10)22-3/h5-8H,4,9H2,1-3H3,(H,17,20). The average Bonchev–Trinajstić information content (AvgIpc) is 2.91. The summed E-state index contributed by atoms with van der Waals surface area (Å²) in [5, 5.41) is 7.10. The lowest BCUT2D eigenvalue weighted by Crippen LogP contribution is -2.24. The van der Waals surface area contributed by atoms with E-state index in [1.165, 1.54) is 7.11 Å². The minimum absolute atomic E-state index is 0.184. The molecule has 7 heteroatoms. The quantitative estimate of drug-likeness (QED) is 0.851. The first kappa shape index (κ1) is 16.4. The lowest BCUT2D eigenvalue weighted by molar-refractivity contribution is 0.0949. The summed E-state index contributed by atoms with van der Waals surface area (Å²) in [7, 11) is 3.09. The van der Waals surface area contributed by atoms with Crippen LogP contribution in [0.3, 0.4) is 0 Å². The van der Waals surface area contributed by atoms with Crippen LogP contribution in [0.25, 0.3) is 0 Å². The fraction of sp³-hybridized carbons (Fsp3) is 0.333. The number of hydrogen-bond donors (Lipinski definition) is 1. The molecule has 0 atom stereocenters. The van der Waals surface area contributed by atoms with Crippen LogP contribution in [-0.2, 0) is 13.1 Å². The van der Waals surface area contributed by atoms with E-state index >= 15 is 0 Å².